The first kappa shape index (κ1) is 21.9. The number of aromatic nitrogens is 3. The molecule has 1 N–H and O–H groups in total. The van der Waals surface area contributed by atoms with Crippen LogP contribution in [0.5, 0.6) is 23.1 Å². The number of likely N-dealkylation sites (N-methyl/N-ethyl adjacent to an activating group) is 1. The number of rotatable bonds is 10. The van der Waals surface area contributed by atoms with E-state index in [0.29, 0.717) is 36.3 Å². The lowest BCUT2D eigenvalue weighted by atomic mass is 10.2. The molecule has 0 aliphatic carbocycles. The first-order chi connectivity index (χ1) is 15.6. The van der Waals surface area contributed by atoms with Crippen molar-refractivity contribution >= 4 is 21.8 Å². The Morgan fingerprint density at radius 3 is 2.62 bits per heavy atom. The molecule has 0 atom stereocenters. The van der Waals surface area contributed by atoms with Gasteiger partial charge in [-0.15, -0.1) is 0 Å². The number of benzene rings is 2. The van der Waals surface area contributed by atoms with Crippen molar-refractivity contribution in [3.05, 3.63) is 48.4 Å². The van der Waals surface area contributed by atoms with E-state index in [0.717, 1.165) is 40.6 Å². The highest BCUT2D eigenvalue weighted by atomic mass is 16.5. The number of nitrogens with one attached hydrogen (secondary N) is 1. The molecule has 0 amide bonds. The molecule has 2 aromatic heterocycles. The molecule has 0 unspecified atom stereocenters. The molecule has 8 nitrogen and oxygen atoms in total. The van der Waals surface area contributed by atoms with Crippen LogP contribution in [0.1, 0.15) is 5.69 Å². The fourth-order valence-corrected chi connectivity index (χ4v) is 3.50. The zero-order chi connectivity index (χ0) is 22.5. The highest BCUT2D eigenvalue weighted by molar-refractivity contribution is 5.87. The smallest absolute Gasteiger partial charge is 0.230 e. The minimum atomic E-state index is 0.464. The van der Waals surface area contributed by atoms with Crippen molar-refractivity contribution in [1.82, 2.24) is 19.9 Å². The minimum Gasteiger partial charge on any atom is -0.493 e. The topological polar surface area (TPSA) is 81.7 Å². The fraction of sp³-hybridized carbons (Fsp3) is 0.333. The summed E-state index contributed by atoms with van der Waals surface area (Å²) in [5.41, 5.74) is 2.89. The number of H-pyrrole nitrogens is 1. The van der Waals surface area contributed by atoms with Gasteiger partial charge in [0.15, 0.2) is 11.5 Å². The molecule has 4 rings (SSSR count). The molecule has 0 saturated heterocycles. The van der Waals surface area contributed by atoms with Gasteiger partial charge in [-0.25, -0.2) is 9.97 Å². The number of hydrogen-bond donors (Lipinski definition) is 1. The van der Waals surface area contributed by atoms with Gasteiger partial charge in [-0.2, -0.15) is 0 Å². The summed E-state index contributed by atoms with van der Waals surface area (Å²) in [6.45, 7) is 4.85. The molecule has 0 fully saturated rings. The van der Waals surface area contributed by atoms with Crippen LogP contribution in [0.15, 0.2) is 42.7 Å². The lowest BCUT2D eigenvalue weighted by Crippen LogP contribution is -2.27. The van der Waals surface area contributed by atoms with Crippen LogP contribution in [0.25, 0.3) is 21.8 Å². The molecule has 0 aliphatic heterocycles. The van der Waals surface area contributed by atoms with Gasteiger partial charge >= 0.3 is 0 Å². The molecule has 0 aliphatic rings. The Kier molecular flexibility index (Phi) is 6.72. The van der Waals surface area contributed by atoms with Gasteiger partial charge in [-0.05, 0) is 44.3 Å². The third-order valence-corrected chi connectivity index (χ3v) is 5.23. The van der Waals surface area contributed by atoms with Crippen LogP contribution in [0, 0.1) is 6.92 Å². The predicted octanol–water partition coefficient (Wildman–Crippen LogP) is 4.18. The number of hydrogen-bond acceptors (Lipinski definition) is 7. The van der Waals surface area contributed by atoms with Crippen molar-refractivity contribution in [2.45, 2.75) is 6.92 Å². The Labute approximate surface area is 187 Å². The van der Waals surface area contributed by atoms with E-state index in [1.807, 2.05) is 44.3 Å². The highest BCUT2D eigenvalue weighted by Crippen LogP contribution is 2.36. The number of fused-ring (bicyclic) bond motifs is 2. The number of aryl methyl sites for hydroxylation is 1. The molecule has 0 radical (unpaired) electrons. The minimum absolute atomic E-state index is 0.464. The predicted molar refractivity (Wildman–Crippen MR) is 124 cm³/mol. The number of nitrogens with zero attached hydrogens (tertiary/aromatic N) is 3. The van der Waals surface area contributed by atoms with E-state index < -0.39 is 0 Å². The van der Waals surface area contributed by atoms with E-state index in [4.69, 9.17) is 18.9 Å². The molecule has 168 valence electrons. The fourth-order valence-electron chi connectivity index (χ4n) is 3.50. The maximum atomic E-state index is 6.12. The van der Waals surface area contributed by atoms with Gasteiger partial charge in [0.05, 0.1) is 24.6 Å². The van der Waals surface area contributed by atoms with Crippen LogP contribution >= 0.6 is 0 Å². The van der Waals surface area contributed by atoms with Gasteiger partial charge < -0.3 is 28.8 Å². The summed E-state index contributed by atoms with van der Waals surface area (Å²) < 4.78 is 22.8. The molecule has 8 heteroatoms. The molecule has 2 aromatic carbocycles. The molecule has 4 aromatic rings. The summed E-state index contributed by atoms with van der Waals surface area (Å²) in [5.74, 6) is 2.41. The Balaban J connectivity index is 1.55. The molecule has 0 bridgehead atoms. The van der Waals surface area contributed by atoms with Gasteiger partial charge in [0.25, 0.3) is 0 Å². The van der Waals surface area contributed by atoms with Crippen LogP contribution in [-0.2, 0) is 4.74 Å². The quantitative estimate of drug-likeness (QED) is 0.399. The van der Waals surface area contributed by atoms with Crippen molar-refractivity contribution in [1.29, 1.82) is 0 Å². The molecule has 0 saturated carbocycles. The van der Waals surface area contributed by atoms with Gasteiger partial charge in [-0.3, -0.25) is 0 Å². The number of aromatic amines is 1. The van der Waals surface area contributed by atoms with Gasteiger partial charge in [0.1, 0.15) is 18.7 Å². The van der Waals surface area contributed by atoms with Crippen LogP contribution in [-0.4, -0.2) is 67.4 Å². The molecule has 32 heavy (non-hydrogen) atoms. The van der Waals surface area contributed by atoms with Crippen molar-refractivity contribution in [2.24, 2.45) is 0 Å². The largest absolute Gasteiger partial charge is 0.493 e. The van der Waals surface area contributed by atoms with E-state index >= 15 is 0 Å². The maximum Gasteiger partial charge on any atom is 0.230 e. The summed E-state index contributed by atoms with van der Waals surface area (Å²) in [6.07, 6.45) is 1.49. The SMILES string of the molecule is COCCN(C)CCOc1cc2ncnc(Oc3ccc4[nH]c(C)cc4c3)c2cc1OC. The van der Waals surface area contributed by atoms with Gasteiger partial charge in [0.2, 0.25) is 5.88 Å². The summed E-state index contributed by atoms with van der Waals surface area (Å²) >= 11 is 0. The van der Waals surface area contributed by atoms with Crippen molar-refractivity contribution < 1.29 is 18.9 Å². The average molecular weight is 437 g/mol. The lowest BCUT2D eigenvalue weighted by molar-refractivity contribution is 0.149. The second kappa shape index (κ2) is 9.84. The van der Waals surface area contributed by atoms with Crippen molar-refractivity contribution in [3.63, 3.8) is 0 Å². The van der Waals surface area contributed by atoms with E-state index in [-0.39, 0.29) is 0 Å². The lowest BCUT2D eigenvalue weighted by Gasteiger charge is -2.17. The second-order valence-electron chi connectivity index (χ2n) is 7.65. The van der Waals surface area contributed by atoms with Crippen LogP contribution in [0.2, 0.25) is 0 Å². The normalized spacial score (nSPS) is 11.4. The zero-order valence-corrected chi connectivity index (χ0v) is 18.8. The van der Waals surface area contributed by atoms with E-state index in [9.17, 15) is 0 Å². The first-order valence-corrected chi connectivity index (χ1v) is 10.5. The maximum absolute atomic E-state index is 6.12. The Bertz CT molecular complexity index is 1210. The van der Waals surface area contributed by atoms with E-state index in [1.54, 1.807) is 14.2 Å². The zero-order valence-electron chi connectivity index (χ0n) is 18.8. The summed E-state index contributed by atoms with van der Waals surface area (Å²) in [4.78, 5) is 14.2. The van der Waals surface area contributed by atoms with Crippen molar-refractivity contribution in [3.8, 4) is 23.1 Å². The average Bonchev–Trinajstić information content (AvgIpc) is 3.16. The Hall–Kier alpha value is -3.36. The monoisotopic (exact) mass is 436 g/mol. The van der Waals surface area contributed by atoms with Crippen LogP contribution < -0.4 is 14.2 Å². The molecule has 0 spiro atoms. The summed E-state index contributed by atoms with van der Waals surface area (Å²) in [5, 5.41) is 1.83. The summed E-state index contributed by atoms with van der Waals surface area (Å²) in [6, 6.07) is 11.7. The third-order valence-electron chi connectivity index (χ3n) is 5.23. The molecular formula is C24H28N4O4. The Morgan fingerprint density at radius 1 is 0.969 bits per heavy atom. The van der Waals surface area contributed by atoms with Crippen molar-refractivity contribution in [2.75, 3.05) is 47.6 Å². The van der Waals surface area contributed by atoms with E-state index in [1.165, 1.54) is 6.33 Å². The number of methoxy groups -OCH3 is 2. The van der Waals surface area contributed by atoms with Gasteiger partial charge in [0, 0.05) is 42.9 Å². The molecular weight excluding hydrogens is 408 g/mol. The second-order valence-corrected chi connectivity index (χ2v) is 7.65. The van der Waals surface area contributed by atoms with Crippen LogP contribution in [0.4, 0.5) is 0 Å². The van der Waals surface area contributed by atoms with Gasteiger partial charge in [-0.1, -0.05) is 0 Å². The highest BCUT2D eigenvalue weighted by Gasteiger charge is 2.14. The standard InChI is InChI=1S/C24H28N4O4/c1-16-11-17-12-18(5-6-20(17)27-16)32-24-19-13-22(30-4)23(14-21(19)25-15-26-24)31-10-8-28(2)7-9-29-3/h5-6,11-15,27H,7-10H2,1-4H3. The molecule has 2 heterocycles. The Morgan fingerprint density at radius 2 is 1.81 bits per heavy atom. The third kappa shape index (κ3) is 4.92. The van der Waals surface area contributed by atoms with E-state index in [2.05, 4.69) is 25.9 Å². The van der Waals surface area contributed by atoms with Crippen LogP contribution in [0.3, 0.4) is 0 Å². The summed E-state index contributed by atoms with van der Waals surface area (Å²) in [7, 11) is 5.35. The first-order valence-electron chi connectivity index (χ1n) is 10.5. The number of ether oxygens (including phenoxy) is 4.